The highest BCUT2D eigenvalue weighted by Gasteiger charge is 2.33. The van der Waals surface area contributed by atoms with Gasteiger partial charge in [-0.2, -0.15) is 0 Å². The highest BCUT2D eigenvalue weighted by molar-refractivity contribution is 6.30. The van der Waals surface area contributed by atoms with Crippen LogP contribution >= 0.6 is 11.6 Å². The van der Waals surface area contributed by atoms with Gasteiger partial charge in [0.05, 0.1) is 30.7 Å². The molecule has 1 aromatic carbocycles. The van der Waals surface area contributed by atoms with Gasteiger partial charge in [0.1, 0.15) is 5.82 Å². The van der Waals surface area contributed by atoms with E-state index in [0.717, 1.165) is 5.56 Å². The van der Waals surface area contributed by atoms with Crippen LogP contribution in [0.4, 0.5) is 4.39 Å². The van der Waals surface area contributed by atoms with Crippen LogP contribution < -0.4 is 5.32 Å². The van der Waals surface area contributed by atoms with E-state index in [4.69, 9.17) is 16.3 Å². The van der Waals surface area contributed by atoms with E-state index in [9.17, 15) is 14.0 Å². The van der Waals surface area contributed by atoms with Crippen molar-refractivity contribution in [3.8, 4) is 0 Å². The van der Waals surface area contributed by atoms with Gasteiger partial charge in [-0.25, -0.2) is 4.39 Å². The minimum atomic E-state index is -0.553. The van der Waals surface area contributed by atoms with E-state index >= 15 is 0 Å². The van der Waals surface area contributed by atoms with Crippen LogP contribution in [0.15, 0.2) is 18.2 Å². The van der Waals surface area contributed by atoms with Crippen LogP contribution in [0.3, 0.4) is 0 Å². The summed E-state index contributed by atoms with van der Waals surface area (Å²) in [5.74, 6) is -0.707. The Morgan fingerprint density at radius 1 is 1.32 bits per heavy atom. The lowest BCUT2D eigenvalue weighted by atomic mass is 10.1. The molecule has 0 bridgehead atoms. The number of rotatable bonds is 4. The maximum Gasteiger partial charge on any atom is 0.237 e. The number of nitrogens with one attached hydrogen (secondary N) is 1. The van der Waals surface area contributed by atoms with Crippen LogP contribution in [0.2, 0.25) is 5.02 Å². The largest absolute Gasteiger partial charge is 0.378 e. The van der Waals surface area contributed by atoms with Crippen LogP contribution in [0, 0.1) is 5.82 Å². The molecule has 0 radical (unpaired) electrons. The molecule has 1 unspecified atom stereocenters. The van der Waals surface area contributed by atoms with Crippen molar-refractivity contribution in [2.45, 2.75) is 19.0 Å². The molecule has 2 aliphatic rings. The summed E-state index contributed by atoms with van der Waals surface area (Å²) >= 11 is 5.72. The van der Waals surface area contributed by atoms with Gasteiger partial charge in [0.2, 0.25) is 11.8 Å². The van der Waals surface area contributed by atoms with E-state index in [-0.39, 0.29) is 23.3 Å². The van der Waals surface area contributed by atoms with Crippen molar-refractivity contribution in [1.82, 2.24) is 15.1 Å². The van der Waals surface area contributed by atoms with Crippen molar-refractivity contribution in [3.05, 3.63) is 34.6 Å². The van der Waals surface area contributed by atoms with Gasteiger partial charge in [0.15, 0.2) is 0 Å². The van der Waals surface area contributed by atoms with Crippen LogP contribution in [0.25, 0.3) is 0 Å². The van der Waals surface area contributed by atoms with Gasteiger partial charge in [0, 0.05) is 32.7 Å². The van der Waals surface area contributed by atoms with Gasteiger partial charge in [-0.1, -0.05) is 17.7 Å². The molecule has 0 saturated carbocycles. The number of benzene rings is 1. The molecule has 6 nitrogen and oxygen atoms in total. The Kier molecular flexibility index (Phi) is 5.88. The molecule has 0 spiro atoms. The van der Waals surface area contributed by atoms with Crippen molar-refractivity contribution in [2.24, 2.45) is 0 Å². The third kappa shape index (κ3) is 4.48. The first-order valence-electron chi connectivity index (χ1n) is 8.36. The Balaban J connectivity index is 1.68. The summed E-state index contributed by atoms with van der Waals surface area (Å²) in [7, 11) is 0. The highest BCUT2D eigenvalue weighted by Crippen LogP contribution is 2.19. The van der Waals surface area contributed by atoms with Crippen molar-refractivity contribution < 1.29 is 18.7 Å². The molecule has 2 aliphatic heterocycles. The maximum absolute atomic E-state index is 13.7. The van der Waals surface area contributed by atoms with Crippen LogP contribution in [0.1, 0.15) is 12.0 Å². The van der Waals surface area contributed by atoms with Gasteiger partial charge in [-0.05, 0) is 17.7 Å². The van der Waals surface area contributed by atoms with Gasteiger partial charge in [-0.15, -0.1) is 0 Å². The van der Waals surface area contributed by atoms with Crippen LogP contribution in [-0.4, -0.2) is 67.0 Å². The third-order valence-corrected chi connectivity index (χ3v) is 4.85. The molecule has 1 aromatic rings. The first kappa shape index (κ1) is 18.1. The van der Waals surface area contributed by atoms with E-state index in [0.29, 0.717) is 45.9 Å². The lowest BCUT2D eigenvalue weighted by Crippen LogP contribution is -2.56. The van der Waals surface area contributed by atoms with E-state index < -0.39 is 11.9 Å². The van der Waals surface area contributed by atoms with E-state index in [2.05, 4.69) is 5.32 Å². The molecule has 8 heteroatoms. The Hall–Kier alpha value is -1.70. The van der Waals surface area contributed by atoms with Crippen LogP contribution in [-0.2, 0) is 20.9 Å². The lowest BCUT2D eigenvalue weighted by molar-refractivity contribution is -0.141. The van der Waals surface area contributed by atoms with E-state index in [1.54, 1.807) is 11.0 Å². The molecule has 136 valence electrons. The molecule has 25 heavy (non-hydrogen) atoms. The summed E-state index contributed by atoms with van der Waals surface area (Å²) in [6, 6.07) is 4.06. The minimum absolute atomic E-state index is 0.0577. The molecule has 1 atom stereocenters. The third-order valence-electron chi connectivity index (χ3n) is 4.54. The summed E-state index contributed by atoms with van der Waals surface area (Å²) in [5, 5.41) is 2.87. The fourth-order valence-corrected chi connectivity index (χ4v) is 3.27. The number of nitrogens with zero attached hydrogens (tertiary/aromatic N) is 2. The average Bonchev–Trinajstić information content (AvgIpc) is 2.62. The summed E-state index contributed by atoms with van der Waals surface area (Å²) in [6.45, 7) is 3.66. The Morgan fingerprint density at radius 3 is 2.80 bits per heavy atom. The number of hydrogen-bond donors (Lipinski definition) is 1. The van der Waals surface area contributed by atoms with Crippen LogP contribution in [0.5, 0.6) is 0 Å². The molecule has 1 N–H and O–H groups in total. The number of carbonyl (C=O) groups is 2. The zero-order chi connectivity index (χ0) is 17.8. The molecule has 2 fully saturated rings. The number of piperazine rings is 1. The molecule has 0 aromatic heterocycles. The molecular formula is C17H21ClFN3O3. The zero-order valence-corrected chi connectivity index (χ0v) is 14.6. The zero-order valence-electron chi connectivity index (χ0n) is 13.8. The number of amides is 2. The number of morpholine rings is 1. The Morgan fingerprint density at radius 2 is 2.08 bits per heavy atom. The summed E-state index contributed by atoms with van der Waals surface area (Å²) in [6.07, 6.45) is 0.113. The summed E-state index contributed by atoms with van der Waals surface area (Å²) in [5.41, 5.74) is 0.723. The number of halogens is 2. The topological polar surface area (TPSA) is 61.9 Å². The highest BCUT2D eigenvalue weighted by atomic mass is 35.5. The summed E-state index contributed by atoms with van der Waals surface area (Å²) in [4.78, 5) is 28.4. The molecule has 2 heterocycles. The fourth-order valence-electron chi connectivity index (χ4n) is 3.15. The molecule has 2 saturated heterocycles. The fraction of sp³-hybridized carbons (Fsp3) is 0.529. The predicted molar refractivity (Wildman–Crippen MR) is 90.6 cm³/mol. The lowest BCUT2D eigenvalue weighted by Gasteiger charge is -2.36. The minimum Gasteiger partial charge on any atom is -0.378 e. The second kappa shape index (κ2) is 8.12. The number of carbonyl (C=O) groups excluding carboxylic acids is 2. The van der Waals surface area contributed by atoms with Crippen molar-refractivity contribution in [1.29, 1.82) is 0 Å². The average molecular weight is 370 g/mol. The first-order valence-corrected chi connectivity index (χ1v) is 8.73. The Labute approximate surface area is 150 Å². The van der Waals surface area contributed by atoms with Gasteiger partial charge in [0.25, 0.3) is 0 Å². The van der Waals surface area contributed by atoms with Crippen molar-refractivity contribution in [2.75, 3.05) is 39.4 Å². The monoisotopic (exact) mass is 369 g/mol. The predicted octanol–water partition coefficient (Wildman–Crippen LogP) is 1.03. The Bertz CT molecular complexity index is 652. The number of ether oxygens (including phenoxy) is 1. The smallest absolute Gasteiger partial charge is 0.237 e. The standard InChI is InChI=1S/C17H21ClFN3O3/c18-13-2-1-12(9-14(13)19)11-22-4-3-20-17(24)15(22)10-16(23)21-5-7-25-8-6-21/h1-2,9,15H,3-8,10-11H2,(H,20,24). The van der Waals surface area contributed by atoms with E-state index in [1.165, 1.54) is 12.1 Å². The SMILES string of the molecule is O=C1NCCN(Cc2ccc(Cl)c(F)c2)C1CC(=O)N1CCOCC1. The molecule has 3 rings (SSSR count). The van der Waals surface area contributed by atoms with Gasteiger partial charge < -0.3 is 15.0 Å². The van der Waals surface area contributed by atoms with E-state index in [1.807, 2.05) is 4.90 Å². The van der Waals surface area contributed by atoms with Gasteiger partial charge >= 0.3 is 0 Å². The quantitative estimate of drug-likeness (QED) is 0.861. The normalized spacial score (nSPS) is 21.9. The van der Waals surface area contributed by atoms with Crippen molar-refractivity contribution >= 4 is 23.4 Å². The second-order valence-corrected chi connectivity index (χ2v) is 6.63. The van der Waals surface area contributed by atoms with Crippen molar-refractivity contribution in [3.63, 3.8) is 0 Å². The second-order valence-electron chi connectivity index (χ2n) is 6.22. The number of hydrogen-bond acceptors (Lipinski definition) is 4. The molecular weight excluding hydrogens is 349 g/mol. The summed E-state index contributed by atoms with van der Waals surface area (Å²) < 4.78 is 18.9. The molecule has 0 aliphatic carbocycles. The maximum atomic E-state index is 13.7. The first-order chi connectivity index (χ1) is 12.0. The molecule has 2 amide bonds. The van der Waals surface area contributed by atoms with Gasteiger partial charge in [-0.3, -0.25) is 14.5 Å².